The predicted octanol–water partition coefficient (Wildman–Crippen LogP) is 2.41. The van der Waals surface area contributed by atoms with Gasteiger partial charge in [-0.1, -0.05) is 44.2 Å². The van der Waals surface area contributed by atoms with Gasteiger partial charge in [0.2, 0.25) is 5.91 Å². The number of rotatable bonds is 2. The number of carbonyl (C=O) groups is 2. The zero-order valence-electron chi connectivity index (χ0n) is 11.1. The smallest absolute Gasteiger partial charge is 0.416 e. The van der Waals surface area contributed by atoms with E-state index in [0.29, 0.717) is 13.2 Å². The number of amides is 2. The number of nitrogens with zero attached hydrogens (tertiary/aromatic N) is 1. The van der Waals surface area contributed by atoms with Crippen LogP contribution in [0.25, 0.3) is 0 Å². The quantitative estimate of drug-likeness (QED) is 0.819. The maximum atomic E-state index is 12.4. The van der Waals surface area contributed by atoms with Gasteiger partial charge in [0.25, 0.3) is 0 Å². The van der Waals surface area contributed by atoms with Crippen LogP contribution in [-0.2, 0) is 9.53 Å². The Labute approximate surface area is 112 Å². The number of carbonyl (C=O) groups excluding carboxylic acids is 2. The molecule has 0 bridgehead atoms. The lowest BCUT2D eigenvalue weighted by Crippen LogP contribution is -2.34. The van der Waals surface area contributed by atoms with E-state index in [1.165, 1.54) is 10.5 Å². The van der Waals surface area contributed by atoms with Gasteiger partial charge in [-0.15, -0.1) is 0 Å². The predicted molar refractivity (Wildman–Crippen MR) is 69.5 cm³/mol. The lowest BCUT2D eigenvalue weighted by Gasteiger charge is -2.11. The molecule has 4 nitrogen and oxygen atoms in total. The Morgan fingerprint density at radius 2 is 2.00 bits per heavy atom. The summed E-state index contributed by atoms with van der Waals surface area (Å²) in [7, 11) is 0. The standard InChI is InChI=1S/C15H17NO3/c1-15(2)11(10-6-4-3-5-7-10)12(15)13(17)16-8-9-19-14(16)18/h3-7,11-12H,8-9H2,1-2H3. The van der Waals surface area contributed by atoms with E-state index in [1.807, 2.05) is 30.3 Å². The molecule has 1 aromatic carbocycles. The second-order valence-electron chi connectivity index (χ2n) is 5.79. The summed E-state index contributed by atoms with van der Waals surface area (Å²) in [5.41, 5.74) is 1.07. The summed E-state index contributed by atoms with van der Waals surface area (Å²) in [6.07, 6.45) is -0.500. The summed E-state index contributed by atoms with van der Waals surface area (Å²) in [6.45, 7) is 4.85. The fourth-order valence-corrected chi connectivity index (χ4v) is 3.14. The van der Waals surface area contributed by atoms with Crippen LogP contribution in [0.5, 0.6) is 0 Å². The van der Waals surface area contributed by atoms with Gasteiger partial charge >= 0.3 is 6.09 Å². The lowest BCUT2D eigenvalue weighted by atomic mass is 10.0. The van der Waals surface area contributed by atoms with E-state index >= 15 is 0 Å². The molecule has 2 fully saturated rings. The number of hydrogen-bond donors (Lipinski definition) is 0. The van der Waals surface area contributed by atoms with E-state index in [0.717, 1.165) is 0 Å². The molecule has 1 saturated heterocycles. The highest BCUT2D eigenvalue weighted by atomic mass is 16.6. The zero-order valence-corrected chi connectivity index (χ0v) is 11.1. The first-order chi connectivity index (χ1) is 9.03. The fourth-order valence-electron chi connectivity index (χ4n) is 3.14. The van der Waals surface area contributed by atoms with Crippen LogP contribution in [0.3, 0.4) is 0 Å². The first-order valence-corrected chi connectivity index (χ1v) is 6.56. The summed E-state index contributed by atoms with van der Waals surface area (Å²) in [6, 6.07) is 10.0. The molecule has 2 atom stereocenters. The van der Waals surface area contributed by atoms with Crippen molar-refractivity contribution >= 4 is 12.0 Å². The number of benzene rings is 1. The van der Waals surface area contributed by atoms with E-state index in [9.17, 15) is 9.59 Å². The van der Waals surface area contributed by atoms with Crippen LogP contribution in [0.1, 0.15) is 25.3 Å². The number of cyclic esters (lactones) is 1. The topological polar surface area (TPSA) is 46.6 Å². The summed E-state index contributed by atoms with van der Waals surface area (Å²) < 4.78 is 4.84. The third-order valence-corrected chi connectivity index (χ3v) is 4.28. The zero-order chi connectivity index (χ0) is 13.6. The summed E-state index contributed by atoms with van der Waals surface area (Å²) in [4.78, 5) is 25.2. The molecule has 2 unspecified atom stereocenters. The largest absolute Gasteiger partial charge is 0.447 e. The van der Waals surface area contributed by atoms with Crippen LogP contribution in [0, 0.1) is 11.3 Å². The van der Waals surface area contributed by atoms with Gasteiger partial charge in [0.05, 0.1) is 12.5 Å². The Balaban J connectivity index is 1.83. The third-order valence-electron chi connectivity index (χ3n) is 4.28. The van der Waals surface area contributed by atoms with Crippen LogP contribution in [0.4, 0.5) is 4.79 Å². The van der Waals surface area contributed by atoms with Crippen molar-refractivity contribution in [2.75, 3.05) is 13.2 Å². The van der Waals surface area contributed by atoms with Crippen molar-refractivity contribution in [2.45, 2.75) is 19.8 Å². The maximum Gasteiger partial charge on any atom is 0.416 e. The molecule has 2 aliphatic rings. The highest BCUT2D eigenvalue weighted by Crippen LogP contribution is 2.65. The molecule has 0 radical (unpaired) electrons. The van der Waals surface area contributed by atoms with Crippen LogP contribution >= 0.6 is 0 Å². The first-order valence-electron chi connectivity index (χ1n) is 6.56. The van der Waals surface area contributed by atoms with Gasteiger partial charge in [-0.2, -0.15) is 0 Å². The molecule has 0 spiro atoms. The molecule has 1 aliphatic carbocycles. The maximum absolute atomic E-state index is 12.4. The summed E-state index contributed by atoms with van der Waals surface area (Å²) >= 11 is 0. The van der Waals surface area contributed by atoms with Crippen molar-refractivity contribution in [3.05, 3.63) is 35.9 Å². The molecule has 1 aromatic rings. The molecule has 0 N–H and O–H groups in total. The van der Waals surface area contributed by atoms with E-state index in [4.69, 9.17) is 4.74 Å². The Bertz CT molecular complexity index is 523. The average molecular weight is 259 g/mol. The second kappa shape index (κ2) is 4.08. The van der Waals surface area contributed by atoms with Gasteiger partial charge in [-0.25, -0.2) is 9.69 Å². The minimum Gasteiger partial charge on any atom is -0.447 e. The van der Waals surface area contributed by atoms with Gasteiger partial charge in [0, 0.05) is 5.92 Å². The average Bonchev–Trinajstić information content (AvgIpc) is 2.74. The fraction of sp³-hybridized carbons (Fsp3) is 0.467. The highest BCUT2D eigenvalue weighted by Gasteiger charge is 2.63. The van der Waals surface area contributed by atoms with Crippen LogP contribution < -0.4 is 0 Å². The van der Waals surface area contributed by atoms with Gasteiger partial charge in [0.1, 0.15) is 6.61 Å². The van der Waals surface area contributed by atoms with E-state index in [1.54, 1.807) is 0 Å². The Kier molecular flexibility index (Phi) is 2.62. The molecule has 100 valence electrons. The van der Waals surface area contributed by atoms with Crippen molar-refractivity contribution in [2.24, 2.45) is 11.3 Å². The molecular weight excluding hydrogens is 242 g/mol. The molecule has 3 rings (SSSR count). The van der Waals surface area contributed by atoms with Crippen LogP contribution in [0.2, 0.25) is 0 Å². The van der Waals surface area contributed by atoms with Gasteiger partial charge in [-0.05, 0) is 11.0 Å². The van der Waals surface area contributed by atoms with Crippen LogP contribution in [0.15, 0.2) is 30.3 Å². The lowest BCUT2D eigenvalue weighted by molar-refractivity contribution is -0.129. The van der Waals surface area contributed by atoms with Crippen molar-refractivity contribution in [1.29, 1.82) is 0 Å². The first kappa shape index (κ1) is 12.2. The van der Waals surface area contributed by atoms with Crippen molar-refractivity contribution in [3.8, 4) is 0 Å². The minimum atomic E-state index is -0.500. The van der Waals surface area contributed by atoms with Crippen LogP contribution in [-0.4, -0.2) is 30.1 Å². The summed E-state index contributed by atoms with van der Waals surface area (Å²) in [5.74, 6) is -0.0310. The number of imide groups is 1. The summed E-state index contributed by atoms with van der Waals surface area (Å²) in [5, 5.41) is 0. The van der Waals surface area contributed by atoms with E-state index in [2.05, 4.69) is 13.8 Å². The molecule has 0 aromatic heterocycles. The second-order valence-corrected chi connectivity index (χ2v) is 5.79. The highest BCUT2D eigenvalue weighted by molar-refractivity contribution is 5.97. The monoisotopic (exact) mass is 259 g/mol. The SMILES string of the molecule is CC1(C)C(C(=O)N2CCOC2=O)C1c1ccccc1. The molecule has 1 heterocycles. The number of hydrogen-bond acceptors (Lipinski definition) is 3. The minimum absolute atomic E-state index is 0.0959. The normalized spacial score (nSPS) is 28.1. The molecule has 4 heteroatoms. The van der Waals surface area contributed by atoms with Gasteiger partial charge in [-0.3, -0.25) is 4.79 Å². The van der Waals surface area contributed by atoms with Gasteiger partial charge < -0.3 is 4.74 Å². The van der Waals surface area contributed by atoms with Crippen molar-refractivity contribution < 1.29 is 14.3 Å². The van der Waals surface area contributed by atoms with E-state index < -0.39 is 6.09 Å². The molecule has 2 amide bonds. The molecule has 19 heavy (non-hydrogen) atoms. The van der Waals surface area contributed by atoms with E-state index in [-0.39, 0.29) is 23.2 Å². The Hall–Kier alpha value is -1.84. The Morgan fingerprint density at radius 1 is 1.32 bits per heavy atom. The third kappa shape index (κ3) is 1.82. The van der Waals surface area contributed by atoms with Crippen molar-refractivity contribution in [3.63, 3.8) is 0 Å². The number of ether oxygens (including phenoxy) is 1. The van der Waals surface area contributed by atoms with Gasteiger partial charge in [0.15, 0.2) is 0 Å². The Morgan fingerprint density at radius 3 is 2.58 bits per heavy atom. The molecule has 1 saturated carbocycles. The van der Waals surface area contributed by atoms with Crippen molar-refractivity contribution in [1.82, 2.24) is 4.90 Å². The molecular formula is C15H17NO3. The molecule has 1 aliphatic heterocycles.